The quantitative estimate of drug-likeness (QED) is 0.577. The van der Waals surface area contributed by atoms with E-state index in [1.165, 1.54) is 11.3 Å². The minimum atomic E-state index is -0.312. The summed E-state index contributed by atoms with van der Waals surface area (Å²) >= 11 is 7.39. The van der Waals surface area contributed by atoms with Crippen LogP contribution < -0.4 is 10.6 Å². The van der Waals surface area contributed by atoms with Crippen molar-refractivity contribution in [2.24, 2.45) is 5.92 Å². The number of rotatable bonds is 7. The molecule has 2 amide bonds. The predicted octanol–water partition coefficient (Wildman–Crippen LogP) is 4.57. The van der Waals surface area contributed by atoms with Crippen molar-refractivity contribution in [2.45, 2.75) is 26.8 Å². The van der Waals surface area contributed by atoms with Gasteiger partial charge in [-0.3, -0.25) is 9.59 Å². The number of nitrogens with zero attached hydrogens (tertiary/aromatic N) is 2. The van der Waals surface area contributed by atoms with E-state index < -0.39 is 0 Å². The first-order valence-corrected chi connectivity index (χ1v) is 10.4. The van der Waals surface area contributed by atoms with Crippen LogP contribution in [0.25, 0.3) is 0 Å². The monoisotopic (exact) mass is 428 g/mol. The van der Waals surface area contributed by atoms with Crippen LogP contribution in [0.5, 0.6) is 0 Å². The largest absolute Gasteiger partial charge is 0.348 e. The van der Waals surface area contributed by atoms with Gasteiger partial charge < -0.3 is 10.6 Å². The average Bonchev–Trinajstić information content (AvgIpc) is 3.15. The number of amides is 2. The van der Waals surface area contributed by atoms with Gasteiger partial charge in [-0.2, -0.15) is 0 Å². The molecular formula is C21H21ClN4O2S. The van der Waals surface area contributed by atoms with Crippen LogP contribution in [0.1, 0.15) is 44.6 Å². The normalized spacial score (nSPS) is 10.8. The van der Waals surface area contributed by atoms with Crippen molar-refractivity contribution in [2.75, 3.05) is 5.32 Å². The van der Waals surface area contributed by atoms with Crippen molar-refractivity contribution in [3.05, 3.63) is 74.7 Å². The highest BCUT2D eigenvalue weighted by molar-refractivity contribution is 7.13. The summed E-state index contributed by atoms with van der Waals surface area (Å²) in [7, 11) is 0. The minimum Gasteiger partial charge on any atom is -0.348 e. The fraction of sp³-hybridized carbons (Fsp3) is 0.238. The minimum absolute atomic E-state index is 0.217. The Hall–Kier alpha value is -2.77. The molecular weight excluding hydrogens is 408 g/mol. The van der Waals surface area contributed by atoms with E-state index in [1.54, 1.807) is 30.3 Å². The van der Waals surface area contributed by atoms with E-state index in [0.717, 1.165) is 17.0 Å². The van der Waals surface area contributed by atoms with Crippen LogP contribution in [-0.4, -0.2) is 22.0 Å². The van der Waals surface area contributed by atoms with Gasteiger partial charge >= 0.3 is 0 Å². The molecule has 3 aromatic rings. The lowest BCUT2D eigenvalue weighted by atomic mass is 10.1. The number of carbonyl (C=O) groups is 2. The van der Waals surface area contributed by atoms with Gasteiger partial charge in [-0.1, -0.05) is 55.0 Å². The Bertz CT molecular complexity index is 1000. The maximum atomic E-state index is 12.3. The molecule has 0 aliphatic carbocycles. The van der Waals surface area contributed by atoms with E-state index >= 15 is 0 Å². The SMILES string of the molecule is CC(C)Cc1nnc(C(=O)Nc2ccc(C(=O)NCc3ccccc3Cl)cc2)s1. The van der Waals surface area contributed by atoms with Crippen molar-refractivity contribution >= 4 is 40.4 Å². The molecule has 0 radical (unpaired) electrons. The Morgan fingerprint density at radius 1 is 1.03 bits per heavy atom. The average molecular weight is 429 g/mol. The Labute approximate surface area is 178 Å². The molecule has 0 saturated heterocycles. The van der Waals surface area contributed by atoms with Crippen molar-refractivity contribution in [1.29, 1.82) is 0 Å². The van der Waals surface area contributed by atoms with E-state index in [4.69, 9.17) is 11.6 Å². The molecule has 0 aliphatic heterocycles. The topological polar surface area (TPSA) is 84.0 Å². The first-order chi connectivity index (χ1) is 13.9. The van der Waals surface area contributed by atoms with Gasteiger partial charge in [-0.15, -0.1) is 10.2 Å². The van der Waals surface area contributed by atoms with Gasteiger partial charge in [0.1, 0.15) is 5.01 Å². The Morgan fingerprint density at radius 2 is 1.76 bits per heavy atom. The Balaban J connectivity index is 1.56. The van der Waals surface area contributed by atoms with E-state index in [9.17, 15) is 9.59 Å². The van der Waals surface area contributed by atoms with Crippen LogP contribution in [0.3, 0.4) is 0 Å². The lowest BCUT2D eigenvalue weighted by Crippen LogP contribution is -2.23. The number of hydrogen-bond donors (Lipinski definition) is 2. The van der Waals surface area contributed by atoms with Crippen LogP contribution in [0.15, 0.2) is 48.5 Å². The number of hydrogen-bond acceptors (Lipinski definition) is 5. The molecule has 0 aliphatic rings. The van der Waals surface area contributed by atoms with Gasteiger partial charge in [0.2, 0.25) is 5.01 Å². The molecule has 0 saturated carbocycles. The third-order valence-corrected chi connectivity index (χ3v) is 5.36. The highest BCUT2D eigenvalue weighted by Crippen LogP contribution is 2.17. The second-order valence-electron chi connectivity index (χ2n) is 6.90. The van der Waals surface area contributed by atoms with Gasteiger partial charge in [0.25, 0.3) is 11.8 Å². The highest BCUT2D eigenvalue weighted by Gasteiger charge is 2.14. The number of benzene rings is 2. The Morgan fingerprint density at radius 3 is 2.45 bits per heavy atom. The van der Waals surface area contributed by atoms with Gasteiger partial charge in [0.15, 0.2) is 0 Å². The number of halogens is 1. The predicted molar refractivity (Wildman–Crippen MR) is 115 cm³/mol. The van der Waals surface area contributed by atoms with Gasteiger partial charge in [0.05, 0.1) is 0 Å². The van der Waals surface area contributed by atoms with Crippen LogP contribution in [0.2, 0.25) is 5.02 Å². The summed E-state index contributed by atoms with van der Waals surface area (Å²) in [5.41, 5.74) is 1.92. The fourth-order valence-corrected chi connectivity index (χ4v) is 3.74. The van der Waals surface area contributed by atoms with E-state index in [0.29, 0.717) is 33.7 Å². The summed E-state index contributed by atoms with van der Waals surface area (Å²) in [6.45, 7) is 4.52. The molecule has 8 heteroatoms. The lowest BCUT2D eigenvalue weighted by molar-refractivity contribution is 0.0950. The zero-order valence-corrected chi connectivity index (χ0v) is 17.7. The molecule has 3 rings (SSSR count). The summed E-state index contributed by atoms with van der Waals surface area (Å²) in [6, 6.07) is 14.0. The van der Waals surface area contributed by atoms with E-state index in [1.807, 2.05) is 18.2 Å². The summed E-state index contributed by atoms with van der Waals surface area (Å²) in [5.74, 6) is -0.0749. The molecule has 1 aromatic heterocycles. The van der Waals surface area contributed by atoms with E-state index in [-0.39, 0.29) is 11.8 Å². The second-order valence-corrected chi connectivity index (χ2v) is 8.37. The molecule has 150 valence electrons. The van der Waals surface area contributed by atoms with Crippen LogP contribution in [0.4, 0.5) is 5.69 Å². The van der Waals surface area contributed by atoms with Crippen LogP contribution in [-0.2, 0) is 13.0 Å². The molecule has 2 N–H and O–H groups in total. The molecule has 0 unspecified atom stereocenters. The first-order valence-electron chi connectivity index (χ1n) is 9.18. The number of anilines is 1. The standard InChI is InChI=1S/C21H21ClN4O2S/c1-13(2)11-18-25-26-21(29-18)20(28)24-16-9-7-14(8-10-16)19(27)23-12-15-5-3-4-6-17(15)22/h3-10,13H,11-12H2,1-2H3,(H,23,27)(H,24,28). The fourth-order valence-electron chi connectivity index (χ4n) is 2.59. The van der Waals surface area contributed by atoms with Crippen molar-refractivity contribution in [3.8, 4) is 0 Å². The van der Waals surface area contributed by atoms with Crippen molar-refractivity contribution < 1.29 is 9.59 Å². The first kappa shape index (κ1) is 21.0. The van der Waals surface area contributed by atoms with Crippen LogP contribution >= 0.6 is 22.9 Å². The molecule has 0 spiro atoms. The maximum Gasteiger partial charge on any atom is 0.286 e. The highest BCUT2D eigenvalue weighted by atomic mass is 35.5. The smallest absolute Gasteiger partial charge is 0.286 e. The number of aromatic nitrogens is 2. The van der Waals surface area contributed by atoms with Crippen molar-refractivity contribution in [1.82, 2.24) is 15.5 Å². The molecule has 0 atom stereocenters. The lowest BCUT2D eigenvalue weighted by Gasteiger charge is -2.08. The van der Waals surface area contributed by atoms with E-state index in [2.05, 4.69) is 34.7 Å². The molecule has 6 nitrogen and oxygen atoms in total. The van der Waals surface area contributed by atoms with Gasteiger partial charge in [-0.05, 0) is 41.8 Å². The zero-order chi connectivity index (χ0) is 20.8. The summed E-state index contributed by atoms with van der Waals surface area (Å²) < 4.78 is 0. The summed E-state index contributed by atoms with van der Waals surface area (Å²) in [4.78, 5) is 24.6. The number of carbonyl (C=O) groups excluding carboxylic acids is 2. The Kier molecular flexibility index (Phi) is 6.95. The van der Waals surface area contributed by atoms with Gasteiger partial charge in [0, 0.05) is 29.2 Å². The van der Waals surface area contributed by atoms with Crippen LogP contribution in [0, 0.1) is 5.92 Å². The molecule has 0 fully saturated rings. The van der Waals surface area contributed by atoms with Gasteiger partial charge in [-0.25, -0.2) is 0 Å². The summed E-state index contributed by atoms with van der Waals surface area (Å²) in [5, 5.41) is 15.4. The third kappa shape index (κ3) is 5.85. The molecule has 1 heterocycles. The maximum absolute atomic E-state index is 12.3. The molecule has 0 bridgehead atoms. The number of nitrogens with one attached hydrogen (secondary N) is 2. The molecule has 29 heavy (non-hydrogen) atoms. The molecule has 2 aromatic carbocycles. The van der Waals surface area contributed by atoms with Crippen molar-refractivity contribution in [3.63, 3.8) is 0 Å². The zero-order valence-electron chi connectivity index (χ0n) is 16.1. The summed E-state index contributed by atoms with van der Waals surface area (Å²) in [6.07, 6.45) is 0.795. The third-order valence-electron chi connectivity index (χ3n) is 4.05. The second kappa shape index (κ2) is 9.62.